The average Bonchev–Trinajstić information content (AvgIpc) is 2.10. The molecule has 0 radical (unpaired) electrons. The molecule has 1 rings (SSSR count). The third-order valence-electron chi connectivity index (χ3n) is 3.43. The predicted octanol–water partition coefficient (Wildman–Crippen LogP) is -3.05. The van der Waals surface area contributed by atoms with E-state index in [2.05, 4.69) is 26.1 Å². The van der Waals surface area contributed by atoms with Gasteiger partial charge in [0.2, 0.25) is 0 Å². The second-order valence-corrected chi connectivity index (χ2v) is 4.25. The van der Waals surface area contributed by atoms with Crippen molar-refractivity contribution in [2.45, 2.75) is 39.7 Å². The zero-order valence-electron chi connectivity index (χ0n) is 9.43. The van der Waals surface area contributed by atoms with Crippen LogP contribution in [0.3, 0.4) is 0 Å². The van der Waals surface area contributed by atoms with Crippen molar-refractivity contribution in [1.29, 1.82) is 0 Å². The third-order valence-corrected chi connectivity index (χ3v) is 3.43. The van der Waals surface area contributed by atoms with Gasteiger partial charge in [-0.1, -0.05) is 29.2 Å². The Labute approximate surface area is 112 Å². The molecule has 4 heteroatoms. The molecule has 3 unspecified atom stereocenters. The van der Waals surface area contributed by atoms with Gasteiger partial charge in [-0.25, -0.2) is 0 Å². The first-order chi connectivity index (χ1) is 5.64. The first-order valence-electron chi connectivity index (χ1n) is 5.03. The molecule has 14 heavy (non-hydrogen) atoms. The molecule has 2 N–H and O–H groups in total. The molecule has 1 aliphatic heterocycles. The van der Waals surface area contributed by atoms with Crippen LogP contribution < -0.4 is 34.9 Å². The van der Waals surface area contributed by atoms with Gasteiger partial charge in [0.15, 0.2) is 0 Å². The molecule has 0 bridgehead atoms. The first-order valence-corrected chi connectivity index (χ1v) is 5.03. The summed E-state index contributed by atoms with van der Waals surface area (Å²) < 4.78 is 0. The molecular weight excluding hydrogens is 184 g/mol. The van der Waals surface area contributed by atoms with Crippen molar-refractivity contribution in [3.63, 3.8) is 0 Å². The minimum Gasteiger partial charge on any atom is -0.392 e. The van der Waals surface area contributed by atoms with Crippen LogP contribution in [0.15, 0.2) is 0 Å². The van der Waals surface area contributed by atoms with Gasteiger partial charge in [0, 0.05) is 18.5 Å². The minimum atomic E-state index is -0.117. The summed E-state index contributed by atoms with van der Waals surface area (Å²) in [5.41, 5.74) is 0.0962. The molecule has 0 saturated carbocycles. The van der Waals surface area contributed by atoms with E-state index >= 15 is 0 Å². The van der Waals surface area contributed by atoms with E-state index in [0.29, 0.717) is 5.92 Å². The van der Waals surface area contributed by atoms with Crippen molar-refractivity contribution >= 4 is 8.41 Å². The summed E-state index contributed by atoms with van der Waals surface area (Å²) in [5, 5.41) is 13.4. The van der Waals surface area contributed by atoms with E-state index in [9.17, 15) is 5.11 Å². The van der Waals surface area contributed by atoms with Crippen LogP contribution in [0.25, 0.3) is 0 Å². The predicted molar refractivity (Wildman–Crippen MR) is 62.4 cm³/mol. The molecule has 0 aliphatic carbocycles. The molecule has 3 atom stereocenters. The van der Waals surface area contributed by atoms with E-state index in [1.54, 1.807) is 0 Å². The fourth-order valence-corrected chi connectivity index (χ4v) is 2.03. The first kappa shape index (κ1) is 17.4. The molecule has 2 nitrogen and oxygen atoms in total. The van der Waals surface area contributed by atoms with Crippen LogP contribution in [0, 0.1) is 11.3 Å². The van der Waals surface area contributed by atoms with Crippen molar-refractivity contribution in [3.05, 3.63) is 0 Å². The summed E-state index contributed by atoms with van der Waals surface area (Å²) in [6.45, 7) is 8.42. The van der Waals surface area contributed by atoms with Crippen LogP contribution in [-0.2, 0) is 0 Å². The Hall–Kier alpha value is 0.985. The average molecular weight is 209 g/mol. The number of rotatable bonds is 2. The Balaban J connectivity index is 0. The van der Waals surface area contributed by atoms with E-state index in [0.717, 1.165) is 25.9 Å². The van der Waals surface area contributed by atoms with Crippen LogP contribution in [0.2, 0.25) is 0 Å². The molecule has 1 aliphatic rings. The van der Waals surface area contributed by atoms with Crippen molar-refractivity contribution in [2.24, 2.45) is 11.3 Å². The molecule has 1 fully saturated rings. The summed E-state index contributed by atoms with van der Waals surface area (Å²) in [6, 6.07) is 0. The van der Waals surface area contributed by atoms with Gasteiger partial charge in [-0.2, -0.15) is 0 Å². The summed E-state index contributed by atoms with van der Waals surface area (Å²) in [4.78, 5) is 0. The van der Waals surface area contributed by atoms with Gasteiger partial charge in [-0.15, -0.1) is 0 Å². The quantitative estimate of drug-likeness (QED) is 0.473. The second-order valence-electron chi connectivity index (χ2n) is 4.25. The number of aliphatic hydroxyl groups is 1. The van der Waals surface area contributed by atoms with Gasteiger partial charge in [-0.3, -0.25) is 0 Å². The van der Waals surface area contributed by atoms with Crippen LogP contribution in [0.1, 0.15) is 33.6 Å². The van der Waals surface area contributed by atoms with Crippen molar-refractivity contribution < 1.29 is 34.7 Å². The maximum atomic E-state index is 10.0. The maximum absolute atomic E-state index is 10.0. The van der Waals surface area contributed by atoms with Crippen LogP contribution in [-0.4, -0.2) is 32.7 Å². The Morgan fingerprint density at radius 2 is 2.00 bits per heavy atom. The monoisotopic (exact) mass is 209 g/mol. The van der Waals surface area contributed by atoms with E-state index in [-0.39, 0.29) is 49.5 Å². The number of hydrogen-bond donors (Lipinski definition) is 2. The SMILES string of the molecule is CCC1CNCC(C)(CC)C1O.[BH4-].[Na+]. The van der Waals surface area contributed by atoms with Gasteiger partial charge in [-0.05, 0) is 18.8 Å². The second kappa shape index (κ2) is 7.29. The molecule has 0 aromatic heterocycles. The zero-order chi connectivity index (χ0) is 9.19. The molecule has 1 saturated heterocycles. The number of aliphatic hydroxyl groups excluding tert-OH is 1. The maximum Gasteiger partial charge on any atom is 1.00 e. The van der Waals surface area contributed by atoms with Gasteiger partial charge in [0.1, 0.15) is 0 Å². The van der Waals surface area contributed by atoms with Gasteiger partial charge in [0.25, 0.3) is 0 Å². The molecule has 80 valence electrons. The normalized spacial score (nSPS) is 36.9. The number of nitrogens with one attached hydrogen (secondary N) is 1. The third kappa shape index (κ3) is 3.53. The van der Waals surface area contributed by atoms with Gasteiger partial charge in [0.05, 0.1) is 6.10 Å². The van der Waals surface area contributed by atoms with Crippen molar-refractivity contribution in [1.82, 2.24) is 5.32 Å². The Kier molecular flexibility index (Phi) is 9.05. The Morgan fingerprint density at radius 3 is 2.43 bits per heavy atom. The summed E-state index contributed by atoms with van der Waals surface area (Å²) >= 11 is 0. The number of piperidine rings is 1. The molecule has 1 heterocycles. The Bertz CT molecular complexity index is 159. The molecule has 0 aromatic rings. The van der Waals surface area contributed by atoms with Crippen molar-refractivity contribution in [3.8, 4) is 0 Å². The molecule has 0 aromatic carbocycles. The largest absolute Gasteiger partial charge is 1.00 e. The number of hydrogen-bond acceptors (Lipinski definition) is 2. The molecular formula is C10H25BNNaO. The Morgan fingerprint density at radius 1 is 1.43 bits per heavy atom. The molecule has 0 spiro atoms. The standard InChI is InChI=1S/C10H21NO.BH4.Na/c1-4-8-6-11-7-10(3,5-2)9(8)12;;/h8-9,11-12H,4-7H2,1-3H3;1H4;/q;-1;+1. The van der Waals surface area contributed by atoms with Crippen LogP contribution in [0.4, 0.5) is 0 Å². The fraction of sp³-hybridized carbons (Fsp3) is 1.00. The van der Waals surface area contributed by atoms with Gasteiger partial charge >= 0.3 is 29.6 Å². The van der Waals surface area contributed by atoms with E-state index < -0.39 is 0 Å². The molecule has 0 amide bonds. The van der Waals surface area contributed by atoms with Crippen LogP contribution in [0.5, 0.6) is 0 Å². The fourth-order valence-electron chi connectivity index (χ4n) is 2.03. The van der Waals surface area contributed by atoms with Crippen LogP contribution >= 0.6 is 0 Å². The van der Waals surface area contributed by atoms with E-state index in [4.69, 9.17) is 0 Å². The van der Waals surface area contributed by atoms with E-state index in [1.165, 1.54) is 0 Å². The smallest absolute Gasteiger partial charge is 0.392 e. The summed E-state index contributed by atoms with van der Waals surface area (Å²) in [5.74, 6) is 0.448. The zero-order valence-corrected chi connectivity index (χ0v) is 11.4. The van der Waals surface area contributed by atoms with E-state index in [1.807, 2.05) is 0 Å². The topological polar surface area (TPSA) is 32.3 Å². The summed E-state index contributed by atoms with van der Waals surface area (Å²) in [6.07, 6.45) is 2.01. The minimum absolute atomic E-state index is 0. The van der Waals surface area contributed by atoms with Crippen molar-refractivity contribution in [2.75, 3.05) is 13.1 Å². The van der Waals surface area contributed by atoms with Gasteiger partial charge < -0.3 is 10.4 Å². The summed E-state index contributed by atoms with van der Waals surface area (Å²) in [7, 11) is 0.